The van der Waals surface area contributed by atoms with Gasteiger partial charge in [-0.05, 0) is 32.8 Å². The molecular formula is C13H24N2O3. The molecule has 5 nitrogen and oxygen atoms in total. The summed E-state index contributed by atoms with van der Waals surface area (Å²) in [5.41, 5.74) is 0.357. The molecule has 1 saturated heterocycles. The van der Waals surface area contributed by atoms with E-state index in [1.165, 1.54) is 0 Å². The fourth-order valence-electron chi connectivity index (χ4n) is 1.81. The Morgan fingerprint density at radius 2 is 2.11 bits per heavy atom. The van der Waals surface area contributed by atoms with Crippen molar-refractivity contribution in [2.24, 2.45) is 0 Å². The Bertz CT molecular complexity index is 332. The van der Waals surface area contributed by atoms with Crippen molar-refractivity contribution >= 4 is 6.09 Å². The number of piperidine rings is 1. The van der Waals surface area contributed by atoms with Gasteiger partial charge in [-0.15, -0.1) is 0 Å². The molecule has 1 N–H and O–H groups in total. The zero-order valence-electron chi connectivity index (χ0n) is 11.9. The number of aliphatic hydroxyl groups excluding tert-OH is 1. The lowest BCUT2D eigenvalue weighted by molar-refractivity contribution is 0.0187. The molecule has 0 saturated carbocycles. The van der Waals surface area contributed by atoms with E-state index in [2.05, 4.69) is 0 Å². The van der Waals surface area contributed by atoms with Crippen LogP contribution in [-0.2, 0) is 4.74 Å². The molecule has 5 heteroatoms. The number of aliphatic hydroxyl groups is 1. The molecule has 1 amide bonds. The number of carbonyl (C=O) groups excluding carboxylic acids is 1. The van der Waals surface area contributed by atoms with Gasteiger partial charge in [0.25, 0.3) is 0 Å². The van der Waals surface area contributed by atoms with Crippen LogP contribution in [0.4, 0.5) is 4.79 Å². The summed E-state index contributed by atoms with van der Waals surface area (Å²) in [5, 5.41) is 9.88. The number of hydrogen-bond acceptors (Lipinski definition) is 4. The van der Waals surface area contributed by atoms with Gasteiger partial charge < -0.3 is 19.6 Å². The highest BCUT2D eigenvalue weighted by Gasteiger charge is 2.28. The van der Waals surface area contributed by atoms with E-state index in [1.807, 2.05) is 46.0 Å². The fourth-order valence-corrected chi connectivity index (χ4v) is 1.81. The lowest BCUT2D eigenvalue weighted by atomic mass is 10.0. The lowest BCUT2D eigenvalue weighted by Gasteiger charge is -2.33. The molecule has 1 fully saturated rings. The largest absolute Gasteiger partial charge is 0.444 e. The van der Waals surface area contributed by atoms with Crippen molar-refractivity contribution < 1.29 is 14.6 Å². The van der Waals surface area contributed by atoms with Crippen molar-refractivity contribution in [2.75, 3.05) is 27.2 Å². The molecule has 1 unspecified atom stereocenters. The van der Waals surface area contributed by atoms with Crippen LogP contribution in [0.15, 0.2) is 11.8 Å². The molecule has 1 aliphatic heterocycles. The van der Waals surface area contributed by atoms with Crippen LogP contribution in [0.2, 0.25) is 0 Å². The van der Waals surface area contributed by atoms with Gasteiger partial charge in [-0.1, -0.05) is 0 Å². The normalized spacial score (nSPS) is 23.1. The van der Waals surface area contributed by atoms with Crippen LogP contribution in [0.25, 0.3) is 0 Å². The Labute approximate surface area is 109 Å². The van der Waals surface area contributed by atoms with Crippen molar-refractivity contribution in [2.45, 2.75) is 38.9 Å². The highest BCUT2D eigenvalue weighted by Crippen LogP contribution is 2.19. The molecule has 0 aliphatic carbocycles. The SMILES string of the molecule is CN(C)/C=C1\CN(C(=O)OC(C)(C)C)CCC1O. The van der Waals surface area contributed by atoms with E-state index in [-0.39, 0.29) is 6.09 Å². The maximum absolute atomic E-state index is 11.9. The van der Waals surface area contributed by atoms with Crippen LogP contribution < -0.4 is 0 Å². The molecule has 18 heavy (non-hydrogen) atoms. The summed E-state index contributed by atoms with van der Waals surface area (Å²) in [4.78, 5) is 15.4. The molecule has 0 aromatic carbocycles. The van der Waals surface area contributed by atoms with Crippen molar-refractivity contribution in [3.05, 3.63) is 11.8 Å². The first-order chi connectivity index (χ1) is 8.19. The molecule has 0 radical (unpaired) electrons. The van der Waals surface area contributed by atoms with Crippen LogP contribution in [0.1, 0.15) is 27.2 Å². The van der Waals surface area contributed by atoms with Gasteiger partial charge in [0.2, 0.25) is 0 Å². The average molecular weight is 256 g/mol. The van der Waals surface area contributed by atoms with Crippen LogP contribution in [0.3, 0.4) is 0 Å². The van der Waals surface area contributed by atoms with Crippen molar-refractivity contribution in [1.82, 2.24) is 9.80 Å². The maximum atomic E-state index is 11.9. The number of carbonyl (C=O) groups is 1. The highest BCUT2D eigenvalue weighted by atomic mass is 16.6. The monoisotopic (exact) mass is 256 g/mol. The van der Waals surface area contributed by atoms with Gasteiger partial charge in [0, 0.05) is 33.4 Å². The van der Waals surface area contributed by atoms with E-state index in [0.717, 1.165) is 5.57 Å². The number of hydrogen-bond donors (Lipinski definition) is 1. The van der Waals surface area contributed by atoms with Gasteiger partial charge in [-0.3, -0.25) is 0 Å². The van der Waals surface area contributed by atoms with Crippen LogP contribution >= 0.6 is 0 Å². The van der Waals surface area contributed by atoms with Gasteiger partial charge in [-0.25, -0.2) is 4.79 Å². The third-order valence-corrected chi connectivity index (χ3v) is 2.55. The predicted molar refractivity (Wildman–Crippen MR) is 70.2 cm³/mol. The molecule has 1 heterocycles. The number of nitrogens with zero attached hydrogens (tertiary/aromatic N) is 2. The molecule has 1 rings (SSSR count). The third kappa shape index (κ3) is 4.56. The molecule has 0 aromatic rings. The Kier molecular flexibility index (Phi) is 4.62. The van der Waals surface area contributed by atoms with E-state index >= 15 is 0 Å². The summed E-state index contributed by atoms with van der Waals surface area (Å²) >= 11 is 0. The first-order valence-corrected chi connectivity index (χ1v) is 6.22. The van der Waals surface area contributed by atoms with Crippen LogP contribution in [0, 0.1) is 0 Å². The van der Waals surface area contributed by atoms with Crippen molar-refractivity contribution in [3.8, 4) is 0 Å². The summed E-state index contributed by atoms with van der Waals surface area (Å²) < 4.78 is 5.33. The molecule has 0 bridgehead atoms. The second kappa shape index (κ2) is 5.61. The highest BCUT2D eigenvalue weighted by molar-refractivity contribution is 5.68. The minimum absolute atomic E-state index is 0.320. The minimum atomic E-state index is -0.488. The average Bonchev–Trinajstić information content (AvgIpc) is 2.17. The second-order valence-electron chi connectivity index (χ2n) is 5.87. The Morgan fingerprint density at radius 3 is 2.61 bits per heavy atom. The maximum Gasteiger partial charge on any atom is 0.410 e. The van der Waals surface area contributed by atoms with Gasteiger partial charge >= 0.3 is 6.09 Å². The van der Waals surface area contributed by atoms with E-state index in [9.17, 15) is 9.90 Å². The summed E-state index contributed by atoms with van der Waals surface area (Å²) in [6, 6.07) is 0. The lowest BCUT2D eigenvalue weighted by Crippen LogP contribution is -2.44. The molecule has 0 aromatic heterocycles. The van der Waals surface area contributed by atoms with Crippen molar-refractivity contribution in [3.63, 3.8) is 0 Å². The van der Waals surface area contributed by atoms with E-state index in [1.54, 1.807) is 4.90 Å². The molecular weight excluding hydrogens is 232 g/mol. The number of rotatable bonds is 1. The predicted octanol–water partition coefficient (Wildman–Crippen LogP) is 1.43. The standard InChI is InChI=1S/C13H24N2O3/c1-13(2,3)18-12(17)15-7-6-11(16)10(9-15)8-14(4)5/h8,11,16H,6-7,9H2,1-5H3/b10-8+. The number of likely N-dealkylation sites (tertiary alicyclic amines) is 1. The van der Waals surface area contributed by atoms with Gasteiger partial charge in [0.1, 0.15) is 5.60 Å². The Hall–Kier alpha value is -1.23. The zero-order valence-corrected chi connectivity index (χ0v) is 11.9. The first kappa shape index (κ1) is 14.8. The molecule has 1 atom stereocenters. The third-order valence-electron chi connectivity index (χ3n) is 2.55. The number of amides is 1. The summed E-state index contributed by atoms with van der Waals surface area (Å²) in [6.07, 6.45) is 1.63. The van der Waals surface area contributed by atoms with Gasteiger partial charge in [0.15, 0.2) is 0 Å². The van der Waals surface area contributed by atoms with Crippen molar-refractivity contribution in [1.29, 1.82) is 0 Å². The second-order valence-corrected chi connectivity index (χ2v) is 5.87. The van der Waals surface area contributed by atoms with Gasteiger partial charge in [-0.2, -0.15) is 0 Å². The van der Waals surface area contributed by atoms with E-state index < -0.39 is 11.7 Å². The quantitative estimate of drug-likeness (QED) is 0.771. The Balaban J connectivity index is 2.67. The Morgan fingerprint density at radius 1 is 1.50 bits per heavy atom. The first-order valence-electron chi connectivity index (χ1n) is 6.22. The van der Waals surface area contributed by atoms with E-state index in [4.69, 9.17) is 4.74 Å². The van der Waals surface area contributed by atoms with Crippen LogP contribution in [0.5, 0.6) is 0 Å². The van der Waals surface area contributed by atoms with Crippen LogP contribution in [-0.4, -0.2) is 59.9 Å². The minimum Gasteiger partial charge on any atom is -0.444 e. The van der Waals surface area contributed by atoms with Gasteiger partial charge in [0.05, 0.1) is 6.10 Å². The smallest absolute Gasteiger partial charge is 0.410 e. The molecule has 0 spiro atoms. The topological polar surface area (TPSA) is 53.0 Å². The molecule has 104 valence electrons. The van der Waals surface area contributed by atoms with E-state index in [0.29, 0.717) is 19.5 Å². The summed E-state index contributed by atoms with van der Waals surface area (Å²) in [5.74, 6) is 0. The zero-order chi connectivity index (χ0) is 13.9. The molecule has 1 aliphatic rings. The number of ether oxygens (including phenoxy) is 1. The fraction of sp³-hybridized carbons (Fsp3) is 0.769. The summed E-state index contributed by atoms with van der Waals surface area (Å²) in [6.45, 7) is 6.50. The summed E-state index contributed by atoms with van der Waals surface area (Å²) in [7, 11) is 3.79.